The van der Waals surface area contributed by atoms with Gasteiger partial charge in [0, 0.05) is 9.35 Å². The summed E-state index contributed by atoms with van der Waals surface area (Å²) < 4.78 is 5.47. The molecule has 2 rings (SSSR count). The van der Waals surface area contributed by atoms with E-state index in [1.54, 1.807) is 12.1 Å². The fraction of sp³-hybridized carbons (Fsp3) is 0.0833. The Morgan fingerprint density at radius 1 is 1.44 bits per heavy atom. The number of thiophene rings is 1. The molecule has 0 amide bonds. The summed E-state index contributed by atoms with van der Waals surface area (Å²) in [5, 5.41) is 0.636. The van der Waals surface area contributed by atoms with Gasteiger partial charge in [-0.25, -0.2) is 4.79 Å². The van der Waals surface area contributed by atoms with Gasteiger partial charge in [0.1, 0.15) is 4.88 Å². The second-order valence-corrected chi connectivity index (χ2v) is 5.83. The van der Waals surface area contributed by atoms with Crippen LogP contribution in [-0.2, 0) is 4.74 Å². The van der Waals surface area contributed by atoms with Gasteiger partial charge < -0.3 is 10.5 Å². The van der Waals surface area contributed by atoms with Crippen LogP contribution in [0.25, 0.3) is 10.4 Å². The minimum atomic E-state index is -0.420. The molecule has 1 aromatic heterocycles. The molecule has 18 heavy (non-hydrogen) atoms. The molecule has 2 N–H and O–H groups in total. The molecule has 6 heteroatoms. The van der Waals surface area contributed by atoms with Crippen LogP contribution < -0.4 is 5.73 Å². The van der Waals surface area contributed by atoms with Crippen molar-refractivity contribution in [1.82, 2.24) is 0 Å². The molecule has 0 saturated carbocycles. The molecule has 0 radical (unpaired) electrons. The van der Waals surface area contributed by atoms with Crippen molar-refractivity contribution in [3.05, 3.63) is 38.6 Å². The Bertz CT molecular complexity index is 612. The number of esters is 1. The average Bonchev–Trinajstić information content (AvgIpc) is 2.74. The van der Waals surface area contributed by atoms with Crippen LogP contribution >= 0.6 is 38.9 Å². The normalized spacial score (nSPS) is 10.4. The average molecular weight is 347 g/mol. The maximum Gasteiger partial charge on any atom is 0.350 e. The van der Waals surface area contributed by atoms with Crippen LogP contribution in [0.3, 0.4) is 0 Å². The van der Waals surface area contributed by atoms with E-state index in [2.05, 4.69) is 20.7 Å². The third-order valence-corrected chi connectivity index (χ3v) is 4.73. The van der Waals surface area contributed by atoms with Crippen molar-refractivity contribution in [2.75, 3.05) is 12.8 Å². The lowest BCUT2D eigenvalue weighted by Crippen LogP contribution is -2.00. The van der Waals surface area contributed by atoms with Gasteiger partial charge in [0.05, 0.1) is 17.8 Å². The van der Waals surface area contributed by atoms with E-state index in [0.29, 0.717) is 15.6 Å². The molecule has 0 unspecified atom stereocenters. The van der Waals surface area contributed by atoms with E-state index in [0.717, 1.165) is 14.9 Å². The zero-order valence-electron chi connectivity index (χ0n) is 9.37. The number of rotatable bonds is 2. The number of carbonyl (C=O) groups is 1. The Morgan fingerprint density at radius 2 is 2.17 bits per heavy atom. The third-order valence-electron chi connectivity index (χ3n) is 2.34. The summed E-state index contributed by atoms with van der Waals surface area (Å²) in [5.41, 5.74) is 7.16. The standard InChI is InChI=1S/C12H9BrClNO2S/c1-17-12(16)11-9(15)5-10(18-11)6-2-3-8(14)7(13)4-6/h2-5H,15H2,1H3. The van der Waals surface area contributed by atoms with Gasteiger partial charge in [-0.3, -0.25) is 0 Å². The molecular weight excluding hydrogens is 338 g/mol. The third kappa shape index (κ3) is 2.53. The molecule has 2 aromatic rings. The van der Waals surface area contributed by atoms with Gasteiger partial charge >= 0.3 is 5.97 Å². The predicted molar refractivity (Wildman–Crippen MR) is 78.2 cm³/mol. The van der Waals surface area contributed by atoms with Gasteiger partial charge in [-0.2, -0.15) is 0 Å². The topological polar surface area (TPSA) is 52.3 Å². The van der Waals surface area contributed by atoms with Crippen LogP contribution in [0.1, 0.15) is 9.67 Å². The summed E-state index contributed by atoms with van der Waals surface area (Å²) in [5.74, 6) is -0.420. The number of ether oxygens (including phenoxy) is 1. The van der Waals surface area contributed by atoms with Crippen LogP contribution in [0.2, 0.25) is 5.02 Å². The van der Waals surface area contributed by atoms with E-state index in [1.807, 2.05) is 12.1 Å². The van der Waals surface area contributed by atoms with Crippen LogP contribution in [0.15, 0.2) is 28.7 Å². The lowest BCUT2D eigenvalue weighted by atomic mass is 10.2. The maximum absolute atomic E-state index is 11.5. The van der Waals surface area contributed by atoms with Gasteiger partial charge in [-0.1, -0.05) is 17.7 Å². The minimum absolute atomic E-state index is 0.415. The van der Waals surface area contributed by atoms with E-state index in [-0.39, 0.29) is 0 Å². The first-order chi connectivity index (χ1) is 8.52. The molecule has 0 aliphatic rings. The molecule has 0 atom stereocenters. The number of halogens is 2. The molecule has 1 aromatic carbocycles. The molecule has 0 fully saturated rings. The quantitative estimate of drug-likeness (QED) is 0.829. The van der Waals surface area contributed by atoms with Crippen molar-refractivity contribution >= 4 is 50.5 Å². The molecule has 0 aliphatic carbocycles. The SMILES string of the molecule is COC(=O)c1sc(-c2ccc(Cl)c(Br)c2)cc1N. The van der Waals surface area contributed by atoms with Crippen LogP contribution in [0.5, 0.6) is 0 Å². The van der Waals surface area contributed by atoms with Crippen molar-refractivity contribution in [1.29, 1.82) is 0 Å². The lowest BCUT2D eigenvalue weighted by molar-refractivity contribution is 0.0607. The van der Waals surface area contributed by atoms with E-state index < -0.39 is 5.97 Å². The highest BCUT2D eigenvalue weighted by molar-refractivity contribution is 9.10. The van der Waals surface area contributed by atoms with E-state index in [9.17, 15) is 4.79 Å². The smallest absolute Gasteiger partial charge is 0.350 e. The number of anilines is 1. The van der Waals surface area contributed by atoms with Crippen molar-refractivity contribution in [2.24, 2.45) is 0 Å². The summed E-state index contributed by atoms with van der Waals surface area (Å²) in [6.45, 7) is 0. The van der Waals surface area contributed by atoms with Crippen molar-refractivity contribution in [3.8, 4) is 10.4 Å². The van der Waals surface area contributed by atoms with Gasteiger partial charge in [-0.15, -0.1) is 11.3 Å². The number of benzene rings is 1. The number of methoxy groups -OCH3 is 1. The summed E-state index contributed by atoms with van der Waals surface area (Å²) in [4.78, 5) is 12.8. The number of nitrogen functional groups attached to an aromatic ring is 1. The largest absolute Gasteiger partial charge is 0.465 e. The molecule has 3 nitrogen and oxygen atoms in total. The Hall–Kier alpha value is -1.04. The number of hydrogen-bond acceptors (Lipinski definition) is 4. The highest BCUT2D eigenvalue weighted by atomic mass is 79.9. The number of nitrogens with two attached hydrogens (primary N) is 1. The van der Waals surface area contributed by atoms with E-state index in [1.165, 1.54) is 18.4 Å². The van der Waals surface area contributed by atoms with E-state index >= 15 is 0 Å². The molecule has 94 valence electrons. The first-order valence-electron chi connectivity index (χ1n) is 4.96. The van der Waals surface area contributed by atoms with Crippen LogP contribution in [-0.4, -0.2) is 13.1 Å². The van der Waals surface area contributed by atoms with Crippen molar-refractivity contribution in [2.45, 2.75) is 0 Å². The second-order valence-electron chi connectivity index (χ2n) is 3.52. The molecule has 0 aliphatic heterocycles. The summed E-state index contributed by atoms with van der Waals surface area (Å²) in [6, 6.07) is 7.30. The summed E-state index contributed by atoms with van der Waals surface area (Å²) in [6.07, 6.45) is 0. The number of hydrogen-bond donors (Lipinski definition) is 1. The van der Waals surface area contributed by atoms with Crippen LogP contribution in [0, 0.1) is 0 Å². The Labute approximate surface area is 122 Å². The van der Waals surface area contributed by atoms with Gasteiger partial charge in [0.15, 0.2) is 0 Å². The number of carbonyl (C=O) groups excluding carboxylic acids is 1. The van der Waals surface area contributed by atoms with Gasteiger partial charge in [-0.05, 0) is 39.7 Å². The fourth-order valence-electron chi connectivity index (χ4n) is 1.45. The maximum atomic E-state index is 11.5. The molecule has 0 bridgehead atoms. The Morgan fingerprint density at radius 3 is 2.78 bits per heavy atom. The van der Waals surface area contributed by atoms with Crippen LogP contribution in [0.4, 0.5) is 5.69 Å². The summed E-state index contributed by atoms with van der Waals surface area (Å²) >= 11 is 10.6. The highest BCUT2D eigenvalue weighted by Crippen LogP contribution is 2.36. The summed E-state index contributed by atoms with van der Waals surface area (Å²) in [7, 11) is 1.33. The molecular formula is C12H9BrClNO2S. The lowest BCUT2D eigenvalue weighted by Gasteiger charge is -2.00. The van der Waals surface area contributed by atoms with Gasteiger partial charge in [0.2, 0.25) is 0 Å². The Kier molecular flexibility index (Phi) is 3.94. The first kappa shape index (κ1) is 13.4. The molecule has 0 spiro atoms. The molecule has 0 saturated heterocycles. The van der Waals surface area contributed by atoms with Crippen molar-refractivity contribution in [3.63, 3.8) is 0 Å². The second kappa shape index (κ2) is 5.30. The van der Waals surface area contributed by atoms with Gasteiger partial charge in [0.25, 0.3) is 0 Å². The first-order valence-corrected chi connectivity index (χ1v) is 6.94. The predicted octanol–water partition coefficient (Wildman–Crippen LogP) is 4.20. The monoisotopic (exact) mass is 345 g/mol. The zero-order chi connectivity index (χ0) is 13.3. The zero-order valence-corrected chi connectivity index (χ0v) is 12.5. The molecule has 1 heterocycles. The minimum Gasteiger partial charge on any atom is -0.465 e. The fourth-order valence-corrected chi connectivity index (χ4v) is 2.94. The van der Waals surface area contributed by atoms with Crippen molar-refractivity contribution < 1.29 is 9.53 Å². The highest BCUT2D eigenvalue weighted by Gasteiger charge is 2.15. The Balaban J connectivity index is 2.45. The van der Waals surface area contributed by atoms with E-state index in [4.69, 9.17) is 17.3 Å².